The number of nitrogens with zero attached hydrogens (tertiary/aromatic N) is 2. The fourth-order valence-corrected chi connectivity index (χ4v) is 3.69. The van der Waals surface area contributed by atoms with Gasteiger partial charge in [-0.15, -0.1) is 0 Å². The van der Waals surface area contributed by atoms with Crippen molar-refractivity contribution in [2.24, 2.45) is 0 Å². The second kappa shape index (κ2) is 7.38. The van der Waals surface area contributed by atoms with Gasteiger partial charge in [-0.1, -0.05) is 42.5 Å². The van der Waals surface area contributed by atoms with Crippen LogP contribution in [0.4, 0.5) is 11.6 Å². The highest BCUT2D eigenvalue weighted by atomic mass is 32.2. The molecule has 0 atom stereocenters. The van der Waals surface area contributed by atoms with Gasteiger partial charge in [0.15, 0.2) is 0 Å². The minimum atomic E-state index is -3.52. The highest BCUT2D eigenvalue weighted by Crippen LogP contribution is 2.24. The zero-order valence-corrected chi connectivity index (χ0v) is 15.9. The van der Waals surface area contributed by atoms with E-state index in [2.05, 4.69) is 44.3 Å². The Labute approximate surface area is 163 Å². The molecule has 6 nitrogen and oxygen atoms in total. The van der Waals surface area contributed by atoms with Gasteiger partial charge in [-0.25, -0.2) is 23.1 Å². The van der Waals surface area contributed by atoms with Gasteiger partial charge in [0.2, 0.25) is 16.0 Å². The predicted octanol–water partition coefficient (Wildman–Crippen LogP) is 3.95. The van der Waals surface area contributed by atoms with Crippen LogP contribution < -0.4 is 10.0 Å². The Morgan fingerprint density at radius 2 is 1.68 bits per heavy atom. The molecule has 28 heavy (non-hydrogen) atoms. The molecule has 140 valence electrons. The van der Waals surface area contributed by atoms with E-state index in [0.29, 0.717) is 11.6 Å². The summed E-state index contributed by atoms with van der Waals surface area (Å²) in [5.41, 5.74) is 2.35. The van der Waals surface area contributed by atoms with Crippen LogP contribution in [0.15, 0.2) is 83.9 Å². The zero-order chi connectivity index (χ0) is 19.6. The number of hydrogen-bond acceptors (Lipinski definition) is 5. The van der Waals surface area contributed by atoms with E-state index in [1.807, 2.05) is 24.3 Å². The maximum Gasteiger partial charge on any atom is 0.240 e. The Hall–Kier alpha value is -3.29. The van der Waals surface area contributed by atoms with Gasteiger partial charge in [-0.05, 0) is 48.2 Å². The molecule has 1 heterocycles. The van der Waals surface area contributed by atoms with E-state index in [1.165, 1.54) is 24.6 Å². The van der Waals surface area contributed by atoms with Crippen LogP contribution >= 0.6 is 0 Å². The molecule has 0 bridgehead atoms. The SMILES string of the molecule is CNS(=O)(=O)c1cccc(Nc2nccc(-c3ccc4ccccc4c3)n2)c1. The Balaban J connectivity index is 1.65. The largest absolute Gasteiger partial charge is 0.324 e. The molecule has 1 aromatic heterocycles. The van der Waals surface area contributed by atoms with Crippen LogP contribution in [0.2, 0.25) is 0 Å². The summed E-state index contributed by atoms with van der Waals surface area (Å²) in [5, 5.41) is 5.38. The summed E-state index contributed by atoms with van der Waals surface area (Å²) < 4.78 is 26.3. The maximum atomic E-state index is 12.0. The fourth-order valence-electron chi connectivity index (χ4n) is 2.92. The van der Waals surface area contributed by atoms with E-state index >= 15 is 0 Å². The Morgan fingerprint density at radius 3 is 2.50 bits per heavy atom. The second-order valence-corrected chi connectivity index (χ2v) is 8.07. The van der Waals surface area contributed by atoms with Crippen molar-refractivity contribution in [2.45, 2.75) is 4.90 Å². The summed E-state index contributed by atoms with van der Waals surface area (Å²) in [6, 6.07) is 22.7. The third-order valence-corrected chi connectivity index (χ3v) is 5.78. The molecule has 3 aromatic carbocycles. The number of hydrogen-bond donors (Lipinski definition) is 2. The van der Waals surface area contributed by atoms with Crippen molar-refractivity contribution < 1.29 is 8.42 Å². The van der Waals surface area contributed by atoms with Crippen molar-refractivity contribution in [1.82, 2.24) is 14.7 Å². The van der Waals surface area contributed by atoms with Gasteiger partial charge in [-0.2, -0.15) is 0 Å². The van der Waals surface area contributed by atoms with Crippen LogP contribution in [0.25, 0.3) is 22.0 Å². The molecule has 0 aliphatic carbocycles. The first-order chi connectivity index (χ1) is 13.5. The number of sulfonamides is 1. The zero-order valence-electron chi connectivity index (χ0n) is 15.1. The maximum absolute atomic E-state index is 12.0. The van der Waals surface area contributed by atoms with Crippen LogP contribution in [0.1, 0.15) is 0 Å². The van der Waals surface area contributed by atoms with E-state index in [0.717, 1.165) is 16.6 Å². The highest BCUT2D eigenvalue weighted by molar-refractivity contribution is 7.89. The third-order valence-electron chi connectivity index (χ3n) is 4.37. The first-order valence-electron chi connectivity index (χ1n) is 8.68. The minimum Gasteiger partial charge on any atom is -0.324 e. The fraction of sp³-hybridized carbons (Fsp3) is 0.0476. The van der Waals surface area contributed by atoms with Gasteiger partial charge in [-0.3, -0.25) is 0 Å². The van der Waals surface area contributed by atoms with Crippen LogP contribution in [0.3, 0.4) is 0 Å². The molecule has 0 fully saturated rings. The first kappa shape index (κ1) is 18.1. The number of aromatic nitrogens is 2. The van der Waals surface area contributed by atoms with E-state index in [4.69, 9.17) is 0 Å². The monoisotopic (exact) mass is 390 g/mol. The lowest BCUT2D eigenvalue weighted by Crippen LogP contribution is -2.18. The topological polar surface area (TPSA) is 84.0 Å². The number of anilines is 2. The van der Waals surface area contributed by atoms with Crippen molar-refractivity contribution in [3.8, 4) is 11.3 Å². The normalized spacial score (nSPS) is 11.5. The van der Waals surface area contributed by atoms with Gasteiger partial charge in [0.05, 0.1) is 10.6 Å². The van der Waals surface area contributed by atoms with Crippen LogP contribution in [-0.2, 0) is 10.0 Å². The molecule has 4 rings (SSSR count). The number of nitrogens with one attached hydrogen (secondary N) is 2. The number of rotatable bonds is 5. The molecular formula is C21H18N4O2S. The van der Waals surface area contributed by atoms with E-state index < -0.39 is 10.0 Å². The standard InChI is InChI=1S/C21H18N4O2S/c1-22-28(26,27)19-8-4-7-18(14-19)24-21-23-12-11-20(25-21)17-10-9-15-5-2-3-6-16(15)13-17/h2-14,22H,1H3,(H,23,24,25). The van der Waals surface area contributed by atoms with E-state index in [-0.39, 0.29) is 4.90 Å². The molecular weight excluding hydrogens is 372 g/mol. The Morgan fingerprint density at radius 1 is 0.857 bits per heavy atom. The van der Waals surface area contributed by atoms with Gasteiger partial charge >= 0.3 is 0 Å². The first-order valence-corrected chi connectivity index (χ1v) is 10.2. The molecule has 0 unspecified atom stereocenters. The quantitative estimate of drug-likeness (QED) is 0.539. The van der Waals surface area contributed by atoms with Crippen LogP contribution in [-0.4, -0.2) is 25.4 Å². The summed E-state index contributed by atoms with van der Waals surface area (Å²) in [6.07, 6.45) is 1.67. The molecule has 0 aliphatic heterocycles. The molecule has 0 amide bonds. The van der Waals surface area contributed by atoms with E-state index in [9.17, 15) is 8.42 Å². The average molecular weight is 390 g/mol. The predicted molar refractivity (Wildman–Crippen MR) is 111 cm³/mol. The van der Waals surface area contributed by atoms with Crippen molar-refractivity contribution >= 4 is 32.4 Å². The molecule has 0 saturated carbocycles. The summed E-state index contributed by atoms with van der Waals surface area (Å²) in [6.45, 7) is 0. The van der Waals surface area contributed by atoms with Crippen molar-refractivity contribution in [3.05, 3.63) is 79.0 Å². The third kappa shape index (κ3) is 3.71. The highest BCUT2D eigenvalue weighted by Gasteiger charge is 2.12. The van der Waals surface area contributed by atoms with Crippen LogP contribution in [0, 0.1) is 0 Å². The Kier molecular flexibility index (Phi) is 4.77. The van der Waals surface area contributed by atoms with Gasteiger partial charge < -0.3 is 5.32 Å². The molecule has 7 heteroatoms. The molecule has 0 spiro atoms. The minimum absolute atomic E-state index is 0.172. The smallest absolute Gasteiger partial charge is 0.240 e. The van der Waals surface area contributed by atoms with Crippen LogP contribution in [0.5, 0.6) is 0 Å². The lowest BCUT2D eigenvalue weighted by molar-refractivity contribution is 0.588. The number of benzene rings is 3. The summed E-state index contributed by atoms with van der Waals surface area (Å²) >= 11 is 0. The van der Waals surface area contributed by atoms with Crippen molar-refractivity contribution in [3.63, 3.8) is 0 Å². The molecule has 0 radical (unpaired) electrons. The van der Waals surface area contributed by atoms with Crippen molar-refractivity contribution in [1.29, 1.82) is 0 Å². The van der Waals surface area contributed by atoms with E-state index in [1.54, 1.807) is 18.3 Å². The Bertz CT molecular complexity index is 1260. The number of fused-ring (bicyclic) bond motifs is 1. The second-order valence-electron chi connectivity index (χ2n) is 6.19. The molecule has 0 saturated heterocycles. The lowest BCUT2D eigenvalue weighted by Gasteiger charge is -2.09. The lowest BCUT2D eigenvalue weighted by atomic mass is 10.1. The summed E-state index contributed by atoms with van der Waals surface area (Å²) in [7, 11) is -2.14. The summed E-state index contributed by atoms with van der Waals surface area (Å²) in [5.74, 6) is 0.393. The summed E-state index contributed by atoms with van der Waals surface area (Å²) in [4.78, 5) is 8.99. The molecule has 2 N–H and O–H groups in total. The average Bonchev–Trinajstić information content (AvgIpc) is 2.74. The van der Waals surface area contributed by atoms with Gasteiger partial charge in [0, 0.05) is 17.4 Å². The molecule has 4 aromatic rings. The molecule has 0 aliphatic rings. The van der Waals surface area contributed by atoms with Gasteiger partial charge in [0.25, 0.3) is 0 Å². The van der Waals surface area contributed by atoms with Crippen molar-refractivity contribution in [2.75, 3.05) is 12.4 Å². The van der Waals surface area contributed by atoms with Gasteiger partial charge in [0.1, 0.15) is 0 Å².